The van der Waals surface area contributed by atoms with Crippen LogP contribution in [0.3, 0.4) is 0 Å². The van der Waals surface area contributed by atoms with E-state index in [0.29, 0.717) is 31.6 Å². The maximum Gasteiger partial charge on any atom is 0.274 e. The van der Waals surface area contributed by atoms with Gasteiger partial charge in [0.05, 0.1) is 29.9 Å². The summed E-state index contributed by atoms with van der Waals surface area (Å²) >= 11 is 0. The first-order valence-corrected chi connectivity index (χ1v) is 9.44. The number of likely N-dealkylation sites (tertiary alicyclic amines) is 1. The molecule has 144 valence electrons. The van der Waals surface area contributed by atoms with Crippen LogP contribution >= 0.6 is 0 Å². The Bertz CT molecular complexity index is 947. The zero-order valence-corrected chi connectivity index (χ0v) is 15.8. The quantitative estimate of drug-likeness (QED) is 0.696. The number of halogens is 1. The van der Waals surface area contributed by atoms with Crippen molar-refractivity contribution < 1.29 is 9.18 Å². The number of piperidine rings is 1. The van der Waals surface area contributed by atoms with Crippen molar-refractivity contribution in [1.29, 1.82) is 0 Å². The van der Waals surface area contributed by atoms with Crippen molar-refractivity contribution in [1.82, 2.24) is 24.6 Å². The number of pyridine rings is 2. The van der Waals surface area contributed by atoms with Crippen molar-refractivity contribution in [3.8, 4) is 17.1 Å². The monoisotopic (exact) mass is 379 g/mol. The highest BCUT2D eigenvalue weighted by Gasteiger charge is 2.26. The second-order valence-electron chi connectivity index (χ2n) is 7.15. The van der Waals surface area contributed by atoms with Crippen LogP contribution in [0.5, 0.6) is 0 Å². The summed E-state index contributed by atoms with van der Waals surface area (Å²) in [5.41, 5.74) is 3.64. The van der Waals surface area contributed by atoms with Gasteiger partial charge in [-0.1, -0.05) is 6.07 Å². The maximum atomic E-state index is 13.0. The summed E-state index contributed by atoms with van der Waals surface area (Å²) in [5, 5.41) is 4.56. The number of amides is 1. The summed E-state index contributed by atoms with van der Waals surface area (Å²) in [4.78, 5) is 23.4. The Morgan fingerprint density at radius 1 is 1.21 bits per heavy atom. The lowest BCUT2D eigenvalue weighted by atomic mass is 9.98. The third-order valence-electron chi connectivity index (χ3n) is 5.11. The Balaban J connectivity index is 1.69. The molecule has 28 heavy (non-hydrogen) atoms. The number of hydrogen-bond acceptors (Lipinski definition) is 4. The van der Waals surface area contributed by atoms with Gasteiger partial charge >= 0.3 is 0 Å². The van der Waals surface area contributed by atoms with Crippen molar-refractivity contribution in [3.05, 3.63) is 60.2 Å². The highest BCUT2D eigenvalue weighted by molar-refractivity contribution is 5.93. The van der Waals surface area contributed by atoms with E-state index in [0.717, 1.165) is 22.6 Å². The van der Waals surface area contributed by atoms with Gasteiger partial charge in [-0.05, 0) is 55.5 Å². The SMILES string of the molecule is Cc1ccc(-c2cc(C(=O)N3CCC(CF)CC3)nn2-c2cccnc2)nc1. The molecule has 0 spiro atoms. The molecule has 7 heteroatoms. The number of alkyl halides is 1. The summed E-state index contributed by atoms with van der Waals surface area (Å²) in [6.07, 6.45) is 6.57. The van der Waals surface area contributed by atoms with E-state index in [1.54, 1.807) is 34.2 Å². The Labute approximate surface area is 163 Å². The second kappa shape index (κ2) is 7.88. The van der Waals surface area contributed by atoms with Crippen LogP contribution in [0.2, 0.25) is 0 Å². The number of aryl methyl sites for hydroxylation is 1. The fourth-order valence-corrected chi connectivity index (χ4v) is 3.42. The van der Waals surface area contributed by atoms with Gasteiger partial charge in [-0.2, -0.15) is 5.10 Å². The topological polar surface area (TPSA) is 63.9 Å². The standard InChI is InChI=1S/C21H22FN5O/c1-15-4-5-18(24-13-15)20-11-19(25-27(20)17-3-2-8-23-14-17)21(28)26-9-6-16(12-22)7-10-26/h2-5,8,11,13-14,16H,6-7,9-10,12H2,1H3. The van der Waals surface area contributed by atoms with Crippen LogP contribution in [-0.4, -0.2) is 50.3 Å². The molecule has 3 aromatic heterocycles. The average molecular weight is 379 g/mol. The Morgan fingerprint density at radius 2 is 2.04 bits per heavy atom. The molecular formula is C21H22FN5O. The van der Waals surface area contributed by atoms with Gasteiger partial charge in [0, 0.05) is 25.5 Å². The highest BCUT2D eigenvalue weighted by Crippen LogP contribution is 2.24. The largest absolute Gasteiger partial charge is 0.337 e. The Kier molecular flexibility index (Phi) is 5.14. The fourth-order valence-electron chi connectivity index (χ4n) is 3.42. The number of rotatable bonds is 4. The van der Waals surface area contributed by atoms with Gasteiger partial charge in [-0.25, -0.2) is 4.68 Å². The minimum atomic E-state index is -0.319. The third-order valence-corrected chi connectivity index (χ3v) is 5.11. The lowest BCUT2D eigenvalue weighted by Crippen LogP contribution is -2.39. The van der Waals surface area contributed by atoms with Crippen LogP contribution in [0.1, 0.15) is 28.9 Å². The summed E-state index contributed by atoms with van der Waals surface area (Å²) < 4.78 is 14.6. The lowest BCUT2D eigenvalue weighted by molar-refractivity contribution is 0.0671. The molecule has 4 rings (SSSR count). The molecule has 0 radical (unpaired) electrons. The van der Waals surface area contributed by atoms with Crippen LogP contribution < -0.4 is 0 Å². The molecule has 1 saturated heterocycles. The molecule has 1 fully saturated rings. The van der Waals surface area contributed by atoms with Crippen LogP contribution in [0.25, 0.3) is 17.1 Å². The molecule has 0 atom stereocenters. The van der Waals surface area contributed by atoms with E-state index in [9.17, 15) is 9.18 Å². The van der Waals surface area contributed by atoms with Crippen LogP contribution in [0.4, 0.5) is 4.39 Å². The normalized spacial score (nSPS) is 15.0. The number of carbonyl (C=O) groups excluding carboxylic acids is 1. The van der Waals surface area contributed by atoms with Crippen molar-refractivity contribution in [2.24, 2.45) is 5.92 Å². The van der Waals surface area contributed by atoms with E-state index in [-0.39, 0.29) is 18.5 Å². The van der Waals surface area contributed by atoms with Gasteiger partial charge in [-0.15, -0.1) is 0 Å². The highest BCUT2D eigenvalue weighted by atomic mass is 19.1. The van der Waals surface area contributed by atoms with Gasteiger partial charge < -0.3 is 4.90 Å². The lowest BCUT2D eigenvalue weighted by Gasteiger charge is -2.30. The van der Waals surface area contributed by atoms with E-state index in [1.807, 2.05) is 31.2 Å². The molecule has 1 aliphatic rings. The summed E-state index contributed by atoms with van der Waals surface area (Å²) in [5.74, 6) is -0.0716. The first kappa shape index (κ1) is 18.3. The van der Waals surface area contributed by atoms with Crippen molar-refractivity contribution in [2.45, 2.75) is 19.8 Å². The molecule has 0 aromatic carbocycles. The summed E-state index contributed by atoms with van der Waals surface area (Å²) in [6.45, 7) is 2.78. The predicted octanol–water partition coefficient (Wildman–Crippen LogP) is 3.46. The second-order valence-corrected chi connectivity index (χ2v) is 7.15. The minimum absolute atomic E-state index is 0.0596. The van der Waals surface area contributed by atoms with E-state index >= 15 is 0 Å². The van der Waals surface area contributed by atoms with Crippen molar-refractivity contribution in [3.63, 3.8) is 0 Å². The Morgan fingerprint density at radius 3 is 2.68 bits per heavy atom. The van der Waals surface area contributed by atoms with Gasteiger partial charge in [0.1, 0.15) is 0 Å². The Hall–Kier alpha value is -3.09. The molecule has 6 nitrogen and oxygen atoms in total. The fraction of sp³-hybridized carbons (Fsp3) is 0.333. The van der Waals surface area contributed by atoms with Crippen LogP contribution in [-0.2, 0) is 0 Å². The first-order valence-electron chi connectivity index (χ1n) is 9.44. The third kappa shape index (κ3) is 3.65. The molecule has 0 N–H and O–H groups in total. The van der Waals surface area contributed by atoms with Gasteiger partial charge in [0.2, 0.25) is 0 Å². The molecule has 4 heterocycles. The summed E-state index contributed by atoms with van der Waals surface area (Å²) in [7, 11) is 0. The predicted molar refractivity (Wildman–Crippen MR) is 104 cm³/mol. The van der Waals surface area contributed by atoms with E-state index in [2.05, 4.69) is 15.1 Å². The van der Waals surface area contributed by atoms with Gasteiger partial charge in [-0.3, -0.25) is 19.2 Å². The smallest absolute Gasteiger partial charge is 0.274 e. The maximum absolute atomic E-state index is 13.0. The molecular weight excluding hydrogens is 357 g/mol. The molecule has 0 unspecified atom stereocenters. The molecule has 3 aromatic rings. The van der Waals surface area contributed by atoms with Crippen LogP contribution in [0.15, 0.2) is 48.9 Å². The molecule has 1 aliphatic heterocycles. The van der Waals surface area contributed by atoms with Crippen molar-refractivity contribution in [2.75, 3.05) is 19.8 Å². The van der Waals surface area contributed by atoms with Crippen LogP contribution in [0, 0.1) is 12.8 Å². The molecule has 1 amide bonds. The molecule has 0 bridgehead atoms. The zero-order valence-electron chi connectivity index (χ0n) is 15.8. The van der Waals surface area contributed by atoms with E-state index in [4.69, 9.17) is 0 Å². The number of aromatic nitrogens is 4. The van der Waals surface area contributed by atoms with Gasteiger partial charge in [0.15, 0.2) is 5.69 Å². The number of nitrogens with zero attached hydrogens (tertiary/aromatic N) is 5. The van der Waals surface area contributed by atoms with E-state index < -0.39 is 0 Å². The van der Waals surface area contributed by atoms with E-state index in [1.165, 1.54) is 0 Å². The minimum Gasteiger partial charge on any atom is -0.337 e. The summed E-state index contributed by atoms with van der Waals surface area (Å²) in [6, 6.07) is 9.38. The van der Waals surface area contributed by atoms with Crippen molar-refractivity contribution >= 4 is 5.91 Å². The number of hydrogen-bond donors (Lipinski definition) is 0. The van der Waals surface area contributed by atoms with Gasteiger partial charge in [0.25, 0.3) is 5.91 Å². The first-order chi connectivity index (χ1) is 13.7. The molecule has 0 aliphatic carbocycles. The average Bonchev–Trinajstić information content (AvgIpc) is 3.20. The zero-order chi connectivity index (χ0) is 19.5. The molecule has 0 saturated carbocycles. The number of carbonyl (C=O) groups is 1.